The predicted octanol–water partition coefficient (Wildman–Crippen LogP) is 5.25. The number of halogens is 3. The normalized spacial score (nSPS) is 21.3. The highest BCUT2D eigenvalue weighted by Crippen LogP contribution is 2.49. The molecular formula is C20H13Cl2FO5. The third-order valence-electron chi connectivity index (χ3n) is 4.78. The molecule has 2 unspecified atom stereocenters. The summed E-state index contributed by atoms with van der Waals surface area (Å²) < 4.78 is 32.0. The van der Waals surface area contributed by atoms with Crippen LogP contribution in [0.3, 0.4) is 0 Å². The first-order chi connectivity index (χ1) is 13.3. The molecule has 0 fully saturated rings. The lowest BCUT2D eigenvalue weighted by Gasteiger charge is -2.36. The van der Waals surface area contributed by atoms with Crippen LogP contribution < -0.4 is 4.74 Å². The van der Waals surface area contributed by atoms with E-state index in [1.54, 1.807) is 6.92 Å². The molecule has 0 amide bonds. The Morgan fingerprint density at radius 1 is 1.25 bits per heavy atom. The van der Waals surface area contributed by atoms with E-state index in [2.05, 4.69) is 4.74 Å². The Morgan fingerprint density at radius 3 is 2.68 bits per heavy atom. The Bertz CT molecular complexity index is 1140. The zero-order valence-corrected chi connectivity index (χ0v) is 16.2. The third kappa shape index (κ3) is 2.52. The number of benzene rings is 2. The van der Waals surface area contributed by atoms with E-state index in [-0.39, 0.29) is 21.9 Å². The van der Waals surface area contributed by atoms with Gasteiger partial charge in [-0.05, 0) is 36.8 Å². The van der Waals surface area contributed by atoms with Crippen molar-refractivity contribution in [1.29, 1.82) is 0 Å². The van der Waals surface area contributed by atoms with Gasteiger partial charge in [0.1, 0.15) is 11.3 Å². The zero-order chi connectivity index (χ0) is 20.2. The van der Waals surface area contributed by atoms with E-state index in [0.29, 0.717) is 21.6 Å². The molecule has 5 nitrogen and oxygen atoms in total. The van der Waals surface area contributed by atoms with Crippen molar-refractivity contribution in [2.75, 3.05) is 7.11 Å². The molecule has 0 saturated carbocycles. The van der Waals surface area contributed by atoms with Gasteiger partial charge in [0.15, 0.2) is 6.10 Å². The van der Waals surface area contributed by atoms with E-state index < -0.39 is 23.5 Å². The summed E-state index contributed by atoms with van der Waals surface area (Å²) in [6, 6.07) is 7.14. The first kappa shape index (κ1) is 18.8. The molecule has 0 saturated heterocycles. The summed E-state index contributed by atoms with van der Waals surface area (Å²) in [5.41, 5.74) is -1.94. The molecule has 8 heteroatoms. The zero-order valence-electron chi connectivity index (χ0n) is 14.7. The van der Waals surface area contributed by atoms with Crippen molar-refractivity contribution in [1.82, 2.24) is 0 Å². The van der Waals surface area contributed by atoms with Gasteiger partial charge in [0.05, 0.1) is 24.3 Å². The van der Waals surface area contributed by atoms with E-state index >= 15 is 4.39 Å². The van der Waals surface area contributed by atoms with E-state index in [4.69, 9.17) is 32.4 Å². The van der Waals surface area contributed by atoms with Crippen molar-refractivity contribution in [3.63, 3.8) is 0 Å². The van der Waals surface area contributed by atoms with Gasteiger partial charge in [0.2, 0.25) is 5.78 Å². The molecule has 1 aliphatic rings. The van der Waals surface area contributed by atoms with Crippen molar-refractivity contribution in [3.8, 4) is 5.75 Å². The molecule has 2 heterocycles. The minimum atomic E-state index is -3.12. The number of Topliss-reactive ketones (excluding diaryl/α,β-unsaturated/α-hetero) is 1. The van der Waals surface area contributed by atoms with Crippen LogP contribution in [0.5, 0.6) is 5.75 Å². The Balaban J connectivity index is 2.01. The molecule has 1 aliphatic heterocycles. The second-order valence-corrected chi connectivity index (χ2v) is 7.27. The second-order valence-electron chi connectivity index (χ2n) is 6.43. The molecule has 2 aromatic carbocycles. The first-order valence-electron chi connectivity index (χ1n) is 8.23. The summed E-state index contributed by atoms with van der Waals surface area (Å²) in [5.74, 6) is -2.32. The van der Waals surface area contributed by atoms with Crippen LogP contribution in [0, 0.1) is 6.92 Å². The summed E-state index contributed by atoms with van der Waals surface area (Å²) in [4.78, 5) is 25.5. The molecule has 1 aromatic heterocycles. The number of carbonyl (C=O) groups is 2. The van der Waals surface area contributed by atoms with Crippen molar-refractivity contribution >= 4 is 45.9 Å². The third-order valence-corrected chi connectivity index (χ3v) is 5.34. The highest BCUT2D eigenvalue weighted by atomic mass is 35.5. The van der Waals surface area contributed by atoms with Crippen LogP contribution in [0.4, 0.5) is 4.39 Å². The molecule has 2 atom stereocenters. The fourth-order valence-corrected chi connectivity index (χ4v) is 3.91. The number of furan rings is 1. The van der Waals surface area contributed by atoms with Crippen molar-refractivity contribution in [2.45, 2.75) is 18.7 Å². The van der Waals surface area contributed by atoms with Gasteiger partial charge in [-0.25, -0.2) is 9.18 Å². The highest BCUT2D eigenvalue weighted by molar-refractivity contribution is 6.35. The summed E-state index contributed by atoms with van der Waals surface area (Å²) in [6.45, 7) is 1.77. The minimum absolute atomic E-state index is 0.0516. The van der Waals surface area contributed by atoms with E-state index in [1.165, 1.54) is 36.6 Å². The quantitative estimate of drug-likeness (QED) is 0.416. The number of rotatable bonds is 2. The van der Waals surface area contributed by atoms with E-state index in [0.717, 1.165) is 7.11 Å². The Morgan fingerprint density at radius 2 is 2.00 bits per heavy atom. The number of fused-ring (bicyclic) bond motifs is 3. The lowest BCUT2D eigenvalue weighted by molar-refractivity contribution is -0.157. The number of alkyl halides is 1. The molecule has 4 rings (SSSR count). The Labute approximate surface area is 168 Å². The van der Waals surface area contributed by atoms with Gasteiger partial charge in [-0.2, -0.15) is 0 Å². The van der Waals surface area contributed by atoms with Crippen molar-refractivity contribution < 1.29 is 27.9 Å². The van der Waals surface area contributed by atoms with Gasteiger partial charge in [0, 0.05) is 15.6 Å². The van der Waals surface area contributed by atoms with Crippen LogP contribution in [0.15, 0.2) is 41.0 Å². The summed E-state index contributed by atoms with van der Waals surface area (Å²) >= 11 is 12.1. The SMILES string of the molecule is COC(=O)C1(F)C(=O)c2ccc3occ(C)c3c2OC1c1ccc(Cl)cc1Cl. The summed E-state index contributed by atoms with van der Waals surface area (Å²) in [7, 11) is 0.996. The maximum atomic E-state index is 16.0. The van der Waals surface area contributed by atoms with Crippen LogP contribution in [-0.2, 0) is 9.53 Å². The van der Waals surface area contributed by atoms with Gasteiger partial charge in [-0.15, -0.1) is 0 Å². The number of ether oxygens (including phenoxy) is 2. The lowest BCUT2D eigenvalue weighted by atomic mass is 9.82. The molecule has 0 radical (unpaired) electrons. The lowest BCUT2D eigenvalue weighted by Crippen LogP contribution is -2.53. The summed E-state index contributed by atoms with van der Waals surface area (Å²) in [5, 5.41) is 0.885. The first-order valence-corrected chi connectivity index (χ1v) is 8.99. The van der Waals surface area contributed by atoms with Crippen LogP contribution >= 0.6 is 23.2 Å². The van der Waals surface area contributed by atoms with Gasteiger partial charge < -0.3 is 13.9 Å². The molecule has 3 aromatic rings. The number of carbonyl (C=O) groups excluding carboxylic acids is 2. The van der Waals surface area contributed by atoms with Gasteiger partial charge in [-0.3, -0.25) is 4.79 Å². The molecule has 0 aliphatic carbocycles. The van der Waals surface area contributed by atoms with Gasteiger partial charge >= 0.3 is 11.6 Å². The topological polar surface area (TPSA) is 65.7 Å². The number of ketones is 1. The maximum Gasteiger partial charge on any atom is 0.356 e. The van der Waals surface area contributed by atoms with Crippen LogP contribution in [-0.4, -0.2) is 24.5 Å². The summed E-state index contributed by atoms with van der Waals surface area (Å²) in [6.07, 6.45) is -0.162. The largest absolute Gasteiger partial charge is 0.480 e. The predicted molar refractivity (Wildman–Crippen MR) is 101 cm³/mol. The highest BCUT2D eigenvalue weighted by Gasteiger charge is 2.61. The minimum Gasteiger partial charge on any atom is -0.480 e. The van der Waals surface area contributed by atoms with Gasteiger partial charge in [-0.1, -0.05) is 29.3 Å². The number of esters is 1. The average Bonchev–Trinajstić information content (AvgIpc) is 3.05. The molecule has 0 bridgehead atoms. The van der Waals surface area contributed by atoms with Gasteiger partial charge in [0.25, 0.3) is 0 Å². The molecule has 0 N–H and O–H groups in total. The molecule has 0 spiro atoms. The fraction of sp³-hybridized carbons (Fsp3) is 0.200. The second kappa shape index (κ2) is 6.50. The Hall–Kier alpha value is -2.57. The standard InChI is InChI=1S/C20H13Cl2FO5/c1-9-8-27-14-6-5-12-16(15(9)14)28-18(11-4-3-10(21)7-13(11)22)20(23,17(12)24)19(25)26-2/h3-8,18H,1-2H3. The maximum absolute atomic E-state index is 16.0. The average molecular weight is 423 g/mol. The smallest absolute Gasteiger partial charge is 0.356 e. The molecule has 28 heavy (non-hydrogen) atoms. The number of hydrogen-bond donors (Lipinski definition) is 0. The number of hydrogen-bond acceptors (Lipinski definition) is 5. The molecular weight excluding hydrogens is 410 g/mol. The van der Waals surface area contributed by atoms with E-state index in [1.807, 2.05) is 0 Å². The van der Waals surface area contributed by atoms with Crippen LogP contribution in [0.25, 0.3) is 11.0 Å². The van der Waals surface area contributed by atoms with Crippen LogP contribution in [0.2, 0.25) is 10.0 Å². The van der Waals surface area contributed by atoms with Crippen molar-refractivity contribution in [2.24, 2.45) is 0 Å². The van der Waals surface area contributed by atoms with Crippen molar-refractivity contribution in [3.05, 3.63) is 63.3 Å². The van der Waals surface area contributed by atoms with E-state index in [9.17, 15) is 9.59 Å². The molecule has 144 valence electrons. The van der Waals surface area contributed by atoms with Crippen LogP contribution in [0.1, 0.15) is 27.6 Å². The monoisotopic (exact) mass is 422 g/mol. The number of methoxy groups -OCH3 is 1. The number of aryl methyl sites for hydroxylation is 1. The fourth-order valence-electron chi connectivity index (χ4n) is 3.40. The Kier molecular flexibility index (Phi) is 4.36.